The van der Waals surface area contributed by atoms with Crippen LogP contribution in [0.3, 0.4) is 0 Å². The third-order valence-corrected chi connectivity index (χ3v) is 7.66. The summed E-state index contributed by atoms with van der Waals surface area (Å²) in [7, 11) is 2.93. The maximum absolute atomic E-state index is 13.2. The van der Waals surface area contributed by atoms with Crippen LogP contribution >= 0.6 is 0 Å². The molecule has 3 aromatic carbocycles. The van der Waals surface area contributed by atoms with Crippen LogP contribution in [0.25, 0.3) is 11.1 Å². The molecule has 1 N–H and O–H groups in total. The van der Waals surface area contributed by atoms with Crippen molar-refractivity contribution < 1.29 is 23.9 Å². The standard InChI is InChI=1S/C37H40N2O5/c1-24-31(27-14-16-28(17-15-27)35(41)39-22-25-10-12-29(13-11-25)36(42)44-6)20-26(23-38-24)8-7-9-33(40)32-21-30(37(2,3)4)18-19-34(32)43-5/h10-21,23H,7-9,22H2,1-6H3,(H,39,41). The lowest BCUT2D eigenvalue weighted by atomic mass is 9.85. The van der Waals surface area contributed by atoms with Crippen molar-refractivity contribution in [3.05, 3.63) is 118 Å². The molecule has 4 aromatic rings. The van der Waals surface area contributed by atoms with Crippen LogP contribution in [0.2, 0.25) is 0 Å². The number of aryl methyl sites for hydroxylation is 2. The Morgan fingerprint density at radius 2 is 1.52 bits per heavy atom. The summed E-state index contributed by atoms with van der Waals surface area (Å²) in [5, 5.41) is 2.92. The summed E-state index contributed by atoms with van der Waals surface area (Å²) in [6.07, 6.45) is 3.68. The van der Waals surface area contributed by atoms with Gasteiger partial charge in [-0.25, -0.2) is 4.79 Å². The lowest BCUT2D eigenvalue weighted by Crippen LogP contribution is -2.22. The molecule has 228 valence electrons. The number of benzene rings is 3. The van der Waals surface area contributed by atoms with Gasteiger partial charge in [0.05, 0.1) is 25.3 Å². The highest BCUT2D eigenvalue weighted by Crippen LogP contribution is 2.29. The number of amides is 1. The summed E-state index contributed by atoms with van der Waals surface area (Å²) >= 11 is 0. The van der Waals surface area contributed by atoms with Gasteiger partial charge < -0.3 is 14.8 Å². The van der Waals surface area contributed by atoms with Crippen molar-refractivity contribution in [3.8, 4) is 16.9 Å². The van der Waals surface area contributed by atoms with Crippen molar-refractivity contribution >= 4 is 17.7 Å². The first-order chi connectivity index (χ1) is 21.0. The number of carbonyl (C=O) groups is 3. The lowest BCUT2D eigenvalue weighted by molar-refractivity contribution is 0.0600. The maximum Gasteiger partial charge on any atom is 0.337 e. The number of aromatic nitrogens is 1. The van der Waals surface area contributed by atoms with E-state index < -0.39 is 5.97 Å². The van der Waals surface area contributed by atoms with E-state index in [4.69, 9.17) is 9.47 Å². The predicted octanol–water partition coefficient (Wildman–Crippen LogP) is 7.29. The Bertz CT molecular complexity index is 1630. The fraction of sp³-hybridized carbons (Fsp3) is 0.297. The number of hydrogen-bond acceptors (Lipinski definition) is 6. The van der Waals surface area contributed by atoms with Crippen LogP contribution in [0.15, 0.2) is 79.0 Å². The van der Waals surface area contributed by atoms with Crippen LogP contribution in [0.5, 0.6) is 5.75 Å². The van der Waals surface area contributed by atoms with Gasteiger partial charge in [-0.1, -0.05) is 51.1 Å². The van der Waals surface area contributed by atoms with E-state index in [1.165, 1.54) is 7.11 Å². The summed E-state index contributed by atoms with van der Waals surface area (Å²) in [6, 6.07) is 22.3. The number of carbonyl (C=O) groups excluding carboxylic acids is 3. The minimum Gasteiger partial charge on any atom is -0.496 e. The smallest absolute Gasteiger partial charge is 0.337 e. The average Bonchev–Trinajstić information content (AvgIpc) is 3.03. The van der Waals surface area contributed by atoms with Crippen molar-refractivity contribution in [2.75, 3.05) is 14.2 Å². The molecular formula is C37H40N2O5. The SMILES string of the molecule is COC(=O)c1ccc(CNC(=O)c2ccc(-c3cc(CCCC(=O)c4cc(C(C)(C)C)ccc4OC)cnc3C)cc2)cc1. The maximum atomic E-state index is 13.2. The number of hydrogen-bond donors (Lipinski definition) is 1. The van der Waals surface area contributed by atoms with E-state index in [9.17, 15) is 14.4 Å². The Labute approximate surface area is 259 Å². The third-order valence-electron chi connectivity index (χ3n) is 7.66. The number of Topliss-reactive ketones (excluding diaryl/α,β-unsaturated/α-hetero) is 1. The van der Waals surface area contributed by atoms with Crippen LogP contribution in [0, 0.1) is 6.92 Å². The Balaban J connectivity index is 1.37. The van der Waals surface area contributed by atoms with Crippen LogP contribution in [0.4, 0.5) is 0 Å². The minimum atomic E-state index is -0.398. The van der Waals surface area contributed by atoms with Crippen molar-refractivity contribution in [1.29, 1.82) is 0 Å². The molecule has 1 heterocycles. The topological polar surface area (TPSA) is 94.6 Å². The third kappa shape index (κ3) is 7.98. The van der Waals surface area contributed by atoms with Gasteiger partial charge in [0.15, 0.2) is 5.78 Å². The molecular weight excluding hydrogens is 552 g/mol. The molecule has 7 nitrogen and oxygen atoms in total. The largest absolute Gasteiger partial charge is 0.496 e. The number of esters is 1. The van der Waals surface area contributed by atoms with Crippen LogP contribution in [0.1, 0.15) is 87.1 Å². The second kappa shape index (κ2) is 14.1. The van der Waals surface area contributed by atoms with Gasteiger partial charge in [0, 0.05) is 36.0 Å². The van der Waals surface area contributed by atoms with Gasteiger partial charge in [-0.15, -0.1) is 0 Å². The number of methoxy groups -OCH3 is 2. The lowest BCUT2D eigenvalue weighted by Gasteiger charge is -2.20. The van der Waals surface area contributed by atoms with Crippen LogP contribution in [-0.2, 0) is 23.1 Å². The first kappa shape index (κ1) is 32.1. The molecule has 7 heteroatoms. The van der Waals surface area contributed by atoms with E-state index in [2.05, 4.69) is 37.1 Å². The molecule has 0 spiro atoms. The van der Waals surface area contributed by atoms with E-state index in [1.54, 1.807) is 43.5 Å². The van der Waals surface area contributed by atoms with E-state index in [0.29, 0.717) is 48.2 Å². The van der Waals surface area contributed by atoms with Gasteiger partial charge in [-0.2, -0.15) is 0 Å². The van der Waals surface area contributed by atoms with Crippen LogP contribution in [-0.4, -0.2) is 36.9 Å². The monoisotopic (exact) mass is 592 g/mol. The average molecular weight is 593 g/mol. The quantitative estimate of drug-likeness (QED) is 0.145. The van der Waals surface area contributed by atoms with Crippen molar-refractivity contribution in [2.24, 2.45) is 0 Å². The molecule has 0 bridgehead atoms. The molecule has 0 radical (unpaired) electrons. The van der Waals surface area contributed by atoms with E-state index in [1.807, 2.05) is 43.5 Å². The number of nitrogens with zero attached hydrogens (tertiary/aromatic N) is 1. The van der Waals surface area contributed by atoms with Gasteiger partial charge in [0.25, 0.3) is 5.91 Å². The van der Waals surface area contributed by atoms with Gasteiger partial charge in [0.2, 0.25) is 0 Å². The molecule has 1 amide bonds. The van der Waals surface area contributed by atoms with Crippen molar-refractivity contribution in [3.63, 3.8) is 0 Å². The Morgan fingerprint density at radius 1 is 0.841 bits per heavy atom. The molecule has 0 fully saturated rings. The van der Waals surface area contributed by atoms with Gasteiger partial charge in [-0.05, 0) is 89.9 Å². The van der Waals surface area contributed by atoms with Crippen molar-refractivity contribution in [2.45, 2.75) is 58.9 Å². The highest BCUT2D eigenvalue weighted by Gasteiger charge is 2.19. The number of rotatable bonds is 11. The molecule has 0 aliphatic rings. The zero-order chi connectivity index (χ0) is 31.9. The molecule has 0 saturated heterocycles. The molecule has 1 aromatic heterocycles. The number of nitrogens with one attached hydrogen (secondary N) is 1. The first-order valence-electron chi connectivity index (χ1n) is 14.7. The minimum absolute atomic E-state index is 0.0614. The molecule has 0 aliphatic heterocycles. The van der Waals surface area contributed by atoms with Crippen molar-refractivity contribution in [1.82, 2.24) is 10.3 Å². The zero-order valence-corrected chi connectivity index (χ0v) is 26.3. The zero-order valence-electron chi connectivity index (χ0n) is 26.3. The van der Waals surface area contributed by atoms with Gasteiger partial charge in [0.1, 0.15) is 5.75 Å². The molecule has 0 saturated carbocycles. The fourth-order valence-electron chi connectivity index (χ4n) is 4.95. The van der Waals surface area contributed by atoms with E-state index >= 15 is 0 Å². The first-order valence-corrected chi connectivity index (χ1v) is 14.7. The normalized spacial score (nSPS) is 11.1. The Morgan fingerprint density at radius 3 is 2.16 bits per heavy atom. The van der Waals surface area contributed by atoms with Gasteiger partial charge >= 0.3 is 5.97 Å². The molecule has 0 atom stereocenters. The Hall–Kier alpha value is -4.78. The Kier molecular flexibility index (Phi) is 10.3. The highest BCUT2D eigenvalue weighted by molar-refractivity contribution is 5.99. The molecule has 4 rings (SSSR count). The summed E-state index contributed by atoms with van der Waals surface area (Å²) in [6.45, 7) is 8.69. The summed E-state index contributed by atoms with van der Waals surface area (Å²) < 4.78 is 10.2. The number of pyridine rings is 1. The number of ketones is 1. The molecule has 0 aliphatic carbocycles. The van der Waals surface area contributed by atoms with E-state index in [0.717, 1.165) is 33.5 Å². The molecule has 0 unspecified atom stereocenters. The summed E-state index contributed by atoms with van der Waals surface area (Å²) in [4.78, 5) is 42.1. The summed E-state index contributed by atoms with van der Waals surface area (Å²) in [5.41, 5.74) is 7.45. The molecule has 44 heavy (non-hydrogen) atoms. The van der Waals surface area contributed by atoms with E-state index in [-0.39, 0.29) is 17.1 Å². The second-order valence-electron chi connectivity index (χ2n) is 11.9. The fourth-order valence-corrected chi connectivity index (χ4v) is 4.95. The second-order valence-corrected chi connectivity index (χ2v) is 11.9. The highest BCUT2D eigenvalue weighted by atomic mass is 16.5. The number of ether oxygens (including phenoxy) is 2. The predicted molar refractivity (Wildman–Crippen MR) is 172 cm³/mol. The van der Waals surface area contributed by atoms with Gasteiger partial charge in [-0.3, -0.25) is 14.6 Å². The summed E-state index contributed by atoms with van der Waals surface area (Å²) in [5.74, 6) is 0.0890. The van der Waals surface area contributed by atoms with Crippen LogP contribution < -0.4 is 10.1 Å².